The Labute approximate surface area is 118 Å². The molecular weight excluding hydrogens is 290 g/mol. The van der Waals surface area contributed by atoms with Crippen LogP contribution in [0.5, 0.6) is 0 Å². The van der Waals surface area contributed by atoms with Crippen molar-refractivity contribution in [2.75, 3.05) is 6.54 Å². The highest BCUT2D eigenvalue weighted by Gasteiger charge is 2.36. The maximum atomic E-state index is 6.37. The van der Waals surface area contributed by atoms with E-state index in [0.29, 0.717) is 6.04 Å². The molecule has 100 valence electrons. The standard InChI is InChI=1S/C15H22BrNO/c1-4-9-15(3)10-17-11(2)14(18-15)12-5-7-13(16)8-6-12/h5-8,11,14,17H,4,9-10H2,1-3H3. The predicted molar refractivity (Wildman–Crippen MR) is 78.7 cm³/mol. The first-order valence-corrected chi connectivity index (χ1v) is 7.50. The van der Waals surface area contributed by atoms with E-state index in [0.717, 1.165) is 23.9 Å². The molecule has 1 fully saturated rings. The molecule has 1 aromatic rings. The molecule has 2 rings (SSSR count). The van der Waals surface area contributed by atoms with Gasteiger partial charge in [-0.1, -0.05) is 41.4 Å². The van der Waals surface area contributed by atoms with Crippen LogP contribution in [0.25, 0.3) is 0 Å². The van der Waals surface area contributed by atoms with E-state index in [4.69, 9.17) is 4.74 Å². The van der Waals surface area contributed by atoms with Gasteiger partial charge in [0.05, 0.1) is 11.7 Å². The summed E-state index contributed by atoms with van der Waals surface area (Å²) in [6.45, 7) is 7.55. The van der Waals surface area contributed by atoms with Gasteiger partial charge in [0.25, 0.3) is 0 Å². The summed E-state index contributed by atoms with van der Waals surface area (Å²) >= 11 is 3.48. The number of halogens is 1. The number of ether oxygens (including phenoxy) is 1. The lowest BCUT2D eigenvalue weighted by atomic mass is 9.93. The van der Waals surface area contributed by atoms with Crippen molar-refractivity contribution in [2.24, 2.45) is 0 Å². The summed E-state index contributed by atoms with van der Waals surface area (Å²) in [4.78, 5) is 0. The summed E-state index contributed by atoms with van der Waals surface area (Å²) in [5, 5.41) is 3.58. The van der Waals surface area contributed by atoms with E-state index in [1.807, 2.05) is 0 Å². The van der Waals surface area contributed by atoms with Gasteiger partial charge in [-0.05, 0) is 38.0 Å². The van der Waals surface area contributed by atoms with E-state index in [-0.39, 0.29) is 11.7 Å². The second-order valence-electron chi connectivity index (χ2n) is 5.46. The first-order chi connectivity index (χ1) is 8.54. The molecule has 0 amide bonds. The molecule has 18 heavy (non-hydrogen) atoms. The Morgan fingerprint density at radius 1 is 1.39 bits per heavy atom. The van der Waals surface area contributed by atoms with E-state index < -0.39 is 0 Å². The van der Waals surface area contributed by atoms with Crippen LogP contribution in [0.1, 0.15) is 45.3 Å². The molecule has 1 N–H and O–H groups in total. The van der Waals surface area contributed by atoms with Crippen LogP contribution in [0, 0.1) is 0 Å². The van der Waals surface area contributed by atoms with Gasteiger partial charge < -0.3 is 10.1 Å². The SMILES string of the molecule is CCCC1(C)CNC(C)C(c2ccc(Br)cc2)O1. The largest absolute Gasteiger partial charge is 0.364 e. The van der Waals surface area contributed by atoms with Gasteiger partial charge in [0, 0.05) is 17.1 Å². The highest BCUT2D eigenvalue weighted by atomic mass is 79.9. The summed E-state index contributed by atoms with van der Waals surface area (Å²) in [5.41, 5.74) is 1.21. The summed E-state index contributed by atoms with van der Waals surface area (Å²) in [7, 11) is 0. The Bertz CT molecular complexity index is 392. The summed E-state index contributed by atoms with van der Waals surface area (Å²) in [6.07, 6.45) is 2.39. The number of hydrogen-bond acceptors (Lipinski definition) is 2. The Hall–Kier alpha value is -0.380. The first kappa shape index (κ1) is 14.0. The van der Waals surface area contributed by atoms with Gasteiger partial charge in [-0.15, -0.1) is 0 Å². The third kappa shape index (κ3) is 3.14. The lowest BCUT2D eigenvalue weighted by Gasteiger charge is -2.43. The Balaban J connectivity index is 2.17. The van der Waals surface area contributed by atoms with Crippen molar-refractivity contribution < 1.29 is 4.74 Å². The quantitative estimate of drug-likeness (QED) is 0.909. The maximum absolute atomic E-state index is 6.37. The van der Waals surface area contributed by atoms with Crippen molar-refractivity contribution in [2.45, 2.75) is 51.4 Å². The molecule has 0 aliphatic carbocycles. The molecule has 1 aliphatic rings. The van der Waals surface area contributed by atoms with Gasteiger partial charge in [0.15, 0.2) is 0 Å². The van der Waals surface area contributed by atoms with E-state index in [2.05, 4.69) is 66.3 Å². The molecule has 0 saturated carbocycles. The molecule has 3 unspecified atom stereocenters. The van der Waals surface area contributed by atoms with Crippen LogP contribution >= 0.6 is 15.9 Å². The molecule has 1 heterocycles. The van der Waals surface area contributed by atoms with Crippen molar-refractivity contribution in [3.63, 3.8) is 0 Å². The predicted octanol–water partition coefficient (Wildman–Crippen LogP) is 4.06. The number of benzene rings is 1. The van der Waals surface area contributed by atoms with Crippen LogP contribution in [0.2, 0.25) is 0 Å². The zero-order chi connectivity index (χ0) is 13.2. The smallest absolute Gasteiger partial charge is 0.0983 e. The summed E-state index contributed by atoms with van der Waals surface area (Å²) < 4.78 is 7.48. The van der Waals surface area contributed by atoms with E-state index in [1.54, 1.807) is 0 Å². The maximum Gasteiger partial charge on any atom is 0.0983 e. The zero-order valence-corrected chi connectivity index (χ0v) is 13.0. The molecule has 0 bridgehead atoms. The highest BCUT2D eigenvalue weighted by molar-refractivity contribution is 9.10. The molecule has 3 heteroatoms. The molecule has 3 atom stereocenters. The van der Waals surface area contributed by atoms with Crippen LogP contribution in [0.3, 0.4) is 0 Å². The van der Waals surface area contributed by atoms with Crippen molar-refractivity contribution in [1.29, 1.82) is 0 Å². The normalized spacial score (nSPS) is 32.4. The first-order valence-electron chi connectivity index (χ1n) is 6.71. The lowest BCUT2D eigenvalue weighted by molar-refractivity contribution is -0.129. The van der Waals surface area contributed by atoms with Gasteiger partial charge >= 0.3 is 0 Å². The van der Waals surface area contributed by atoms with Crippen molar-refractivity contribution in [3.05, 3.63) is 34.3 Å². The van der Waals surface area contributed by atoms with Crippen molar-refractivity contribution in [3.8, 4) is 0 Å². The fourth-order valence-electron chi connectivity index (χ4n) is 2.62. The molecule has 1 aliphatic heterocycles. The van der Waals surface area contributed by atoms with Gasteiger partial charge in [-0.25, -0.2) is 0 Å². The number of morpholine rings is 1. The average Bonchev–Trinajstić information content (AvgIpc) is 2.34. The van der Waals surface area contributed by atoms with Crippen LogP contribution < -0.4 is 5.32 Å². The fraction of sp³-hybridized carbons (Fsp3) is 0.600. The third-order valence-electron chi connectivity index (χ3n) is 3.64. The molecule has 0 spiro atoms. The third-order valence-corrected chi connectivity index (χ3v) is 4.17. The Kier molecular flexibility index (Phi) is 4.46. The average molecular weight is 312 g/mol. The zero-order valence-electron chi connectivity index (χ0n) is 11.4. The topological polar surface area (TPSA) is 21.3 Å². The molecule has 0 aromatic heterocycles. The minimum absolute atomic E-state index is 0.0427. The van der Waals surface area contributed by atoms with Crippen LogP contribution in [-0.2, 0) is 4.74 Å². The molecular formula is C15H22BrNO. The second-order valence-corrected chi connectivity index (χ2v) is 6.38. The van der Waals surface area contributed by atoms with Crippen molar-refractivity contribution in [1.82, 2.24) is 5.32 Å². The monoisotopic (exact) mass is 311 g/mol. The van der Waals surface area contributed by atoms with Crippen LogP contribution in [0.15, 0.2) is 28.7 Å². The highest BCUT2D eigenvalue weighted by Crippen LogP contribution is 2.33. The number of rotatable bonds is 3. The Morgan fingerprint density at radius 3 is 2.67 bits per heavy atom. The van der Waals surface area contributed by atoms with E-state index >= 15 is 0 Å². The molecule has 1 saturated heterocycles. The molecule has 2 nitrogen and oxygen atoms in total. The van der Waals surface area contributed by atoms with Gasteiger partial charge in [0.2, 0.25) is 0 Å². The van der Waals surface area contributed by atoms with Crippen LogP contribution in [-0.4, -0.2) is 18.2 Å². The van der Waals surface area contributed by atoms with Gasteiger partial charge in [-0.3, -0.25) is 0 Å². The van der Waals surface area contributed by atoms with E-state index in [9.17, 15) is 0 Å². The lowest BCUT2D eigenvalue weighted by Crippen LogP contribution is -2.53. The fourth-order valence-corrected chi connectivity index (χ4v) is 2.88. The van der Waals surface area contributed by atoms with Gasteiger partial charge in [0.1, 0.15) is 0 Å². The van der Waals surface area contributed by atoms with Gasteiger partial charge in [-0.2, -0.15) is 0 Å². The molecule has 0 radical (unpaired) electrons. The van der Waals surface area contributed by atoms with Crippen LogP contribution in [0.4, 0.5) is 0 Å². The minimum atomic E-state index is -0.0427. The Morgan fingerprint density at radius 2 is 2.06 bits per heavy atom. The second kappa shape index (κ2) is 5.72. The van der Waals surface area contributed by atoms with E-state index in [1.165, 1.54) is 5.56 Å². The van der Waals surface area contributed by atoms with Crippen molar-refractivity contribution >= 4 is 15.9 Å². The summed E-state index contributed by atoms with van der Waals surface area (Å²) in [5.74, 6) is 0. The minimum Gasteiger partial charge on any atom is -0.364 e. The number of nitrogens with one attached hydrogen (secondary N) is 1. The molecule has 1 aromatic carbocycles. The number of hydrogen-bond donors (Lipinski definition) is 1. The summed E-state index contributed by atoms with van der Waals surface area (Å²) in [6, 6.07) is 8.81.